The topological polar surface area (TPSA) is 9.23 Å². The second-order valence-electron chi connectivity index (χ2n) is 3.84. The van der Waals surface area contributed by atoms with Gasteiger partial charge in [-0.05, 0) is 30.2 Å². The summed E-state index contributed by atoms with van der Waals surface area (Å²) in [5.41, 5.74) is 1.35. The Morgan fingerprint density at radius 1 is 1.50 bits per heavy atom. The highest BCUT2D eigenvalue weighted by molar-refractivity contribution is 9.10. The monoisotopic (exact) mass is 254 g/mol. The fourth-order valence-electron chi connectivity index (χ4n) is 1.88. The quantitative estimate of drug-likeness (QED) is 0.794. The van der Waals surface area contributed by atoms with Gasteiger partial charge in [-0.15, -0.1) is 0 Å². The number of halogens is 1. The molecule has 0 aliphatic carbocycles. The molecule has 0 bridgehead atoms. The summed E-state index contributed by atoms with van der Waals surface area (Å²) in [6.45, 7) is 2.22. The lowest BCUT2D eigenvalue weighted by atomic mass is 10.1. The summed E-state index contributed by atoms with van der Waals surface area (Å²) in [5.74, 6) is 1.08. The van der Waals surface area contributed by atoms with Crippen LogP contribution in [0.2, 0.25) is 0 Å². The van der Waals surface area contributed by atoms with Gasteiger partial charge in [0, 0.05) is 10.9 Å². The Kier molecular flexibility index (Phi) is 3.12. The van der Waals surface area contributed by atoms with Crippen molar-refractivity contribution >= 4 is 15.9 Å². The zero-order chi connectivity index (χ0) is 9.97. The van der Waals surface area contributed by atoms with Gasteiger partial charge in [-0.3, -0.25) is 0 Å². The van der Waals surface area contributed by atoms with Crippen LogP contribution in [0, 0.1) is 0 Å². The van der Waals surface area contributed by atoms with Crippen molar-refractivity contribution < 1.29 is 4.74 Å². The van der Waals surface area contributed by atoms with Gasteiger partial charge in [0.15, 0.2) is 0 Å². The molecule has 1 atom stereocenters. The van der Waals surface area contributed by atoms with E-state index in [1.165, 1.54) is 24.8 Å². The first kappa shape index (κ1) is 10.0. The minimum absolute atomic E-state index is 0.416. The van der Waals surface area contributed by atoms with Crippen molar-refractivity contribution in [3.63, 3.8) is 0 Å². The van der Waals surface area contributed by atoms with Crippen LogP contribution in [-0.4, -0.2) is 6.10 Å². The average molecular weight is 255 g/mol. The van der Waals surface area contributed by atoms with Gasteiger partial charge in [0.25, 0.3) is 0 Å². The molecule has 1 aromatic rings. The van der Waals surface area contributed by atoms with E-state index in [1.54, 1.807) is 0 Å². The molecule has 2 rings (SSSR count). The van der Waals surface area contributed by atoms with E-state index in [4.69, 9.17) is 4.74 Å². The summed E-state index contributed by atoms with van der Waals surface area (Å²) in [7, 11) is 0. The number of hydrogen-bond donors (Lipinski definition) is 0. The van der Waals surface area contributed by atoms with Crippen molar-refractivity contribution in [2.24, 2.45) is 0 Å². The van der Waals surface area contributed by atoms with Crippen molar-refractivity contribution in [2.45, 2.75) is 38.7 Å². The summed E-state index contributed by atoms with van der Waals surface area (Å²) >= 11 is 3.48. The maximum Gasteiger partial charge on any atom is 0.123 e. The molecule has 0 radical (unpaired) electrons. The summed E-state index contributed by atoms with van der Waals surface area (Å²) in [6, 6.07) is 6.27. The van der Waals surface area contributed by atoms with Gasteiger partial charge in [-0.25, -0.2) is 0 Å². The molecule has 2 heteroatoms. The van der Waals surface area contributed by atoms with Crippen molar-refractivity contribution in [3.05, 3.63) is 28.2 Å². The maximum absolute atomic E-state index is 5.84. The summed E-state index contributed by atoms with van der Waals surface area (Å²) in [5, 5.41) is 0. The standard InChI is InChI=1S/C12H15BrO/c1-2-3-4-11-8-9-7-10(13)5-6-12(9)14-11/h5-7,11H,2-4,8H2,1H3. The fraction of sp³-hybridized carbons (Fsp3) is 0.500. The van der Waals surface area contributed by atoms with E-state index < -0.39 is 0 Å². The molecule has 1 heterocycles. The van der Waals surface area contributed by atoms with E-state index in [0.29, 0.717) is 6.10 Å². The molecule has 0 amide bonds. The molecular formula is C12H15BrO. The Hall–Kier alpha value is -0.500. The SMILES string of the molecule is CCCCC1Cc2cc(Br)ccc2O1. The van der Waals surface area contributed by atoms with Crippen molar-refractivity contribution in [1.82, 2.24) is 0 Å². The van der Waals surface area contributed by atoms with Crippen molar-refractivity contribution in [3.8, 4) is 5.75 Å². The Morgan fingerprint density at radius 3 is 3.14 bits per heavy atom. The Morgan fingerprint density at radius 2 is 2.36 bits per heavy atom. The van der Waals surface area contributed by atoms with Crippen LogP contribution in [0.4, 0.5) is 0 Å². The van der Waals surface area contributed by atoms with E-state index in [-0.39, 0.29) is 0 Å². The average Bonchev–Trinajstić information content (AvgIpc) is 2.56. The van der Waals surface area contributed by atoms with E-state index in [9.17, 15) is 0 Å². The largest absolute Gasteiger partial charge is 0.490 e. The highest BCUT2D eigenvalue weighted by Gasteiger charge is 2.21. The van der Waals surface area contributed by atoms with Gasteiger partial charge >= 0.3 is 0 Å². The second-order valence-corrected chi connectivity index (χ2v) is 4.75. The molecule has 0 spiro atoms. The first-order valence-corrected chi connectivity index (χ1v) is 6.04. The molecule has 1 aliphatic heterocycles. The molecule has 0 N–H and O–H groups in total. The van der Waals surface area contributed by atoms with E-state index >= 15 is 0 Å². The van der Waals surface area contributed by atoms with Gasteiger partial charge in [-0.1, -0.05) is 35.7 Å². The number of ether oxygens (including phenoxy) is 1. The van der Waals surface area contributed by atoms with Gasteiger partial charge < -0.3 is 4.74 Å². The van der Waals surface area contributed by atoms with Crippen molar-refractivity contribution in [1.29, 1.82) is 0 Å². The normalized spacial score (nSPS) is 19.1. The lowest BCUT2D eigenvalue weighted by Crippen LogP contribution is -2.11. The Bertz CT molecular complexity index is 322. The Balaban J connectivity index is 2.03. The smallest absolute Gasteiger partial charge is 0.123 e. The van der Waals surface area contributed by atoms with Crippen molar-refractivity contribution in [2.75, 3.05) is 0 Å². The first-order valence-electron chi connectivity index (χ1n) is 5.24. The fourth-order valence-corrected chi connectivity index (χ4v) is 2.29. The lowest BCUT2D eigenvalue weighted by molar-refractivity contribution is 0.217. The maximum atomic E-state index is 5.84. The molecule has 14 heavy (non-hydrogen) atoms. The summed E-state index contributed by atoms with van der Waals surface area (Å²) < 4.78 is 6.99. The molecule has 0 saturated heterocycles. The zero-order valence-corrected chi connectivity index (χ0v) is 10.0. The number of fused-ring (bicyclic) bond motifs is 1. The number of rotatable bonds is 3. The zero-order valence-electron chi connectivity index (χ0n) is 8.42. The van der Waals surface area contributed by atoms with Crippen LogP contribution in [0.1, 0.15) is 31.7 Å². The van der Waals surface area contributed by atoms with Crippen LogP contribution < -0.4 is 4.74 Å². The molecular weight excluding hydrogens is 240 g/mol. The van der Waals surface area contributed by atoms with Gasteiger partial charge in [-0.2, -0.15) is 0 Å². The minimum Gasteiger partial charge on any atom is -0.490 e. The van der Waals surface area contributed by atoms with Crippen LogP contribution in [-0.2, 0) is 6.42 Å². The first-order chi connectivity index (χ1) is 6.79. The molecule has 1 aromatic carbocycles. The van der Waals surface area contributed by atoms with Gasteiger partial charge in [0.2, 0.25) is 0 Å². The third-order valence-electron chi connectivity index (χ3n) is 2.64. The predicted molar refractivity (Wildman–Crippen MR) is 61.8 cm³/mol. The highest BCUT2D eigenvalue weighted by atomic mass is 79.9. The number of hydrogen-bond acceptors (Lipinski definition) is 1. The molecule has 0 saturated carbocycles. The highest BCUT2D eigenvalue weighted by Crippen LogP contribution is 2.32. The van der Waals surface area contributed by atoms with Crippen LogP contribution >= 0.6 is 15.9 Å². The molecule has 1 aliphatic rings. The van der Waals surface area contributed by atoms with E-state index in [0.717, 1.165) is 16.6 Å². The summed E-state index contributed by atoms with van der Waals surface area (Å²) in [4.78, 5) is 0. The summed E-state index contributed by atoms with van der Waals surface area (Å²) in [6.07, 6.45) is 5.19. The second kappa shape index (κ2) is 4.35. The molecule has 1 nitrogen and oxygen atoms in total. The molecule has 0 fully saturated rings. The minimum atomic E-state index is 0.416. The molecule has 76 valence electrons. The molecule has 1 unspecified atom stereocenters. The predicted octanol–water partition coefficient (Wildman–Crippen LogP) is 3.94. The third-order valence-corrected chi connectivity index (χ3v) is 3.14. The van der Waals surface area contributed by atoms with Gasteiger partial charge in [0.05, 0.1) is 0 Å². The Labute approximate surface area is 93.6 Å². The van der Waals surface area contributed by atoms with Crippen LogP contribution in [0.15, 0.2) is 22.7 Å². The number of benzene rings is 1. The third kappa shape index (κ3) is 2.11. The van der Waals surface area contributed by atoms with E-state index in [2.05, 4.69) is 35.0 Å². The van der Waals surface area contributed by atoms with Crippen LogP contribution in [0.25, 0.3) is 0 Å². The lowest BCUT2D eigenvalue weighted by Gasteiger charge is -2.08. The number of unbranched alkanes of at least 4 members (excludes halogenated alkanes) is 1. The van der Waals surface area contributed by atoms with Crippen LogP contribution in [0.3, 0.4) is 0 Å². The van der Waals surface area contributed by atoms with Gasteiger partial charge in [0.1, 0.15) is 11.9 Å². The molecule has 0 aromatic heterocycles. The van der Waals surface area contributed by atoms with E-state index in [1.807, 2.05) is 6.07 Å². The van der Waals surface area contributed by atoms with Crippen LogP contribution in [0.5, 0.6) is 5.75 Å².